The lowest BCUT2D eigenvalue weighted by Gasteiger charge is -2.13. The van der Waals surface area contributed by atoms with E-state index < -0.39 is 29.6 Å². The van der Waals surface area contributed by atoms with Crippen LogP contribution in [0.5, 0.6) is 0 Å². The van der Waals surface area contributed by atoms with Gasteiger partial charge in [0, 0.05) is 19.2 Å². The molecule has 14 nitrogen and oxygen atoms in total. The number of benzene rings is 3. The monoisotopic (exact) mass is 746 g/mol. The van der Waals surface area contributed by atoms with E-state index in [1.807, 2.05) is 12.1 Å². The van der Waals surface area contributed by atoms with Gasteiger partial charge >= 0.3 is 17.9 Å². The molecule has 0 aliphatic rings. The Balaban J connectivity index is 1.28. The van der Waals surface area contributed by atoms with Gasteiger partial charge in [-0.1, -0.05) is 17.3 Å². The third-order valence-corrected chi connectivity index (χ3v) is 8.42. The van der Waals surface area contributed by atoms with Crippen molar-refractivity contribution in [2.24, 2.45) is 0 Å². The van der Waals surface area contributed by atoms with E-state index in [4.69, 9.17) is 14.0 Å². The second kappa shape index (κ2) is 17.9. The molecule has 2 aromatic heterocycles. The van der Waals surface area contributed by atoms with E-state index in [9.17, 15) is 38.9 Å². The normalized spacial score (nSPS) is 10.4. The molecule has 5 aromatic rings. The summed E-state index contributed by atoms with van der Waals surface area (Å²) >= 11 is 1.46. The van der Waals surface area contributed by atoms with Gasteiger partial charge in [0.1, 0.15) is 5.82 Å². The minimum atomic E-state index is -1.28. The minimum Gasteiger partial charge on any atom is -0.466 e. The van der Waals surface area contributed by atoms with Gasteiger partial charge in [-0.2, -0.15) is 10.5 Å². The van der Waals surface area contributed by atoms with Crippen molar-refractivity contribution >= 4 is 52.9 Å². The summed E-state index contributed by atoms with van der Waals surface area (Å²) in [5, 5.41) is 28.3. The first-order valence-corrected chi connectivity index (χ1v) is 17.0. The standard InChI is InChI=1S/C38H27FN6O8S/c1-22(46)51-14-4-5-15-54-34-13-10-25(21-42-34)35(47)43-30-11-8-23(19-40)16-27(30)37(49)52-38(50)28-17-24(20-41)9-12-31(28)44-36(48)32-18-33(53-45-32)26-6-2-3-7-29(26)39/h2-3,6-13,16-18,21H,4-5,14-15H2,1H3,(H,43,47)(H,44,48). The second-order valence-electron chi connectivity index (χ2n) is 11.2. The van der Waals surface area contributed by atoms with Crippen LogP contribution in [0.25, 0.3) is 11.3 Å². The van der Waals surface area contributed by atoms with E-state index in [-0.39, 0.29) is 62.2 Å². The van der Waals surface area contributed by atoms with Crippen LogP contribution in [-0.4, -0.2) is 52.2 Å². The first kappa shape index (κ1) is 38.1. The molecular formula is C38H27FN6O8S. The third-order valence-electron chi connectivity index (χ3n) is 7.39. The van der Waals surface area contributed by atoms with E-state index in [1.54, 1.807) is 12.1 Å². The number of pyridine rings is 1. The highest BCUT2D eigenvalue weighted by atomic mass is 32.2. The molecule has 2 N–H and O–H groups in total. The molecule has 16 heteroatoms. The predicted molar refractivity (Wildman–Crippen MR) is 191 cm³/mol. The lowest BCUT2D eigenvalue weighted by Crippen LogP contribution is -2.20. The molecule has 2 amide bonds. The van der Waals surface area contributed by atoms with E-state index in [0.29, 0.717) is 23.8 Å². The fraction of sp³-hybridized carbons (Fsp3) is 0.132. The van der Waals surface area contributed by atoms with Crippen LogP contribution in [0.1, 0.15) is 72.5 Å². The number of unbranched alkanes of at least 4 members (excludes halogenated alkanes) is 1. The number of carbonyl (C=O) groups excluding carboxylic acids is 5. The first-order chi connectivity index (χ1) is 26.1. The molecule has 3 aromatic carbocycles. The molecule has 0 unspecified atom stereocenters. The molecular weight excluding hydrogens is 720 g/mol. The molecule has 0 atom stereocenters. The molecule has 0 saturated heterocycles. The Kier molecular flexibility index (Phi) is 12.6. The van der Waals surface area contributed by atoms with Crippen LogP contribution in [0.2, 0.25) is 0 Å². The van der Waals surface area contributed by atoms with Gasteiger partial charge in [0.15, 0.2) is 11.5 Å². The number of esters is 3. The fourth-order valence-electron chi connectivity index (χ4n) is 4.73. The number of carbonyl (C=O) groups is 5. The quantitative estimate of drug-likeness (QED) is 0.0566. The van der Waals surface area contributed by atoms with Gasteiger partial charge in [-0.15, -0.1) is 11.8 Å². The first-order valence-electron chi connectivity index (χ1n) is 16.0. The SMILES string of the molecule is CC(=O)OCCCCSc1ccc(C(=O)Nc2ccc(C#N)cc2C(=O)OC(=O)c2cc(C#N)ccc2NC(=O)c2cc(-c3ccccc3F)on2)cn1. The number of amides is 2. The Morgan fingerprint density at radius 3 is 2.07 bits per heavy atom. The predicted octanol–water partition coefficient (Wildman–Crippen LogP) is 6.56. The summed E-state index contributed by atoms with van der Waals surface area (Å²) < 4.78 is 29.4. The van der Waals surface area contributed by atoms with Gasteiger partial charge in [0.25, 0.3) is 11.8 Å². The molecule has 0 aliphatic heterocycles. The van der Waals surface area contributed by atoms with Crippen LogP contribution in [0.3, 0.4) is 0 Å². The van der Waals surface area contributed by atoms with Gasteiger partial charge in [-0.25, -0.2) is 19.0 Å². The van der Waals surface area contributed by atoms with Crippen molar-refractivity contribution in [1.29, 1.82) is 10.5 Å². The van der Waals surface area contributed by atoms with E-state index in [2.05, 4.69) is 20.8 Å². The van der Waals surface area contributed by atoms with Gasteiger partial charge < -0.3 is 24.6 Å². The molecule has 0 radical (unpaired) electrons. The second-order valence-corrected chi connectivity index (χ2v) is 12.3. The third kappa shape index (κ3) is 9.78. The Labute approximate surface area is 310 Å². The van der Waals surface area contributed by atoms with Crippen molar-refractivity contribution in [2.75, 3.05) is 23.0 Å². The van der Waals surface area contributed by atoms with Crippen LogP contribution in [0.4, 0.5) is 15.8 Å². The number of halogens is 1. The smallest absolute Gasteiger partial charge is 0.348 e. The van der Waals surface area contributed by atoms with Crippen LogP contribution >= 0.6 is 11.8 Å². The summed E-state index contributed by atoms with van der Waals surface area (Å²) in [5.74, 6) is -4.30. The zero-order chi connectivity index (χ0) is 38.6. The topological polar surface area (TPSA) is 214 Å². The Morgan fingerprint density at radius 1 is 0.833 bits per heavy atom. The average molecular weight is 747 g/mol. The van der Waals surface area contributed by atoms with Crippen molar-refractivity contribution in [3.8, 4) is 23.5 Å². The van der Waals surface area contributed by atoms with Crippen molar-refractivity contribution < 1.29 is 42.4 Å². The van der Waals surface area contributed by atoms with E-state index >= 15 is 0 Å². The van der Waals surface area contributed by atoms with Crippen LogP contribution in [-0.2, 0) is 14.3 Å². The number of aromatic nitrogens is 2. The number of anilines is 2. The highest BCUT2D eigenvalue weighted by Gasteiger charge is 2.25. The highest BCUT2D eigenvalue weighted by molar-refractivity contribution is 7.99. The van der Waals surface area contributed by atoms with Crippen molar-refractivity contribution in [3.63, 3.8) is 0 Å². The average Bonchev–Trinajstić information content (AvgIpc) is 3.67. The lowest BCUT2D eigenvalue weighted by molar-refractivity contribution is -0.141. The Morgan fingerprint density at radius 2 is 1.48 bits per heavy atom. The summed E-state index contributed by atoms with van der Waals surface area (Å²) in [7, 11) is 0. The maximum Gasteiger partial charge on any atom is 0.348 e. The zero-order valence-corrected chi connectivity index (χ0v) is 29.1. The largest absolute Gasteiger partial charge is 0.466 e. The maximum absolute atomic E-state index is 14.2. The number of thioether (sulfide) groups is 1. The maximum atomic E-state index is 14.2. The van der Waals surface area contributed by atoms with Crippen LogP contribution in [0.15, 0.2) is 94.6 Å². The van der Waals surface area contributed by atoms with E-state index in [1.165, 1.54) is 79.5 Å². The van der Waals surface area contributed by atoms with Crippen molar-refractivity contribution in [2.45, 2.75) is 24.8 Å². The molecule has 5 rings (SSSR count). The summed E-state index contributed by atoms with van der Waals surface area (Å²) in [5.41, 5.74) is -1.01. The van der Waals surface area contributed by atoms with E-state index in [0.717, 1.165) is 18.6 Å². The van der Waals surface area contributed by atoms with Crippen LogP contribution < -0.4 is 10.6 Å². The number of ether oxygens (including phenoxy) is 2. The molecule has 0 saturated carbocycles. The molecule has 0 bridgehead atoms. The molecule has 0 aliphatic carbocycles. The summed E-state index contributed by atoms with van der Waals surface area (Å²) in [6.07, 6.45) is 2.82. The lowest BCUT2D eigenvalue weighted by atomic mass is 10.1. The number of nitrogens with zero attached hydrogens (tertiary/aromatic N) is 4. The molecule has 2 heterocycles. The number of hydrogen-bond acceptors (Lipinski definition) is 13. The van der Waals surface area contributed by atoms with Gasteiger partial charge in [0.2, 0.25) is 0 Å². The van der Waals surface area contributed by atoms with Gasteiger partial charge in [0.05, 0.1) is 68.5 Å². The number of nitriles is 2. The van der Waals surface area contributed by atoms with Gasteiger partial charge in [-0.3, -0.25) is 14.4 Å². The molecule has 0 spiro atoms. The molecule has 0 fully saturated rings. The molecule has 270 valence electrons. The highest BCUT2D eigenvalue weighted by Crippen LogP contribution is 2.26. The minimum absolute atomic E-state index is 0.00704. The summed E-state index contributed by atoms with van der Waals surface area (Å²) in [6, 6.07) is 21.2. The zero-order valence-electron chi connectivity index (χ0n) is 28.3. The number of hydrogen-bond donors (Lipinski definition) is 2. The Hall–Kier alpha value is -7.17. The number of rotatable bonds is 13. The van der Waals surface area contributed by atoms with Crippen molar-refractivity contribution in [3.05, 3.63) is 124 Å². The number of nitrogens with one attached hydrogen (secondary N) is 2. The molecule has 54 heavy (non-hydrogen) atoms. The van der Waals surface area contributed by atoms with Gasteiger partial charge in [-0.05, 0) is 79.3 Å². The fourth-order valence-corrected chi connectivity index (χ4v) is 5.57. The van der Waals surface area contributed by atoms with Crippen LogP contribution in [0, 0.1) is 28.5 Å². The Bertz CT molecular complexity index is 2330. The summed E-state index contributed by atoms with van der Waals surface area (Å²) in [4.78, 5) is 68.2. The van der Waals surface area contributed by atoms with Crippen molar-refractivity contribution in [1.82, 2.24) is 10.1 Å². The summed E-state index contributed by atoms with van der Waals surface area (Å²) in [6.45, 7) is 1.68.